The molecule has 5 rings (SSSR count). The average Bonchev–Trinajstić information content (AvgIpc) is 3.31. The van der Waals surface area contributed by atoms with E-state index in [4.69, 9.17) is 23.9 Å². The van der Waals surface area contributed by atoms with E-state index >= 15 is 0 Å². The number of ether oxygens (including phenoxy) is 4. The molecule has 0 fully saturated rings. The van der Waals surface area contributed by atoms with Crippen molar-refractivity contribution in [2.24, 2.45) is 4.99 Å². The van der Waals surface area contributed by atoms with Crippen LogP contribution >= 0.6 is 11.3 Å². The lowest BCUT2D eigenvalue weighted by Gasteiger charge is -2.26. The van der Waals surface area contributed by atoms with Crippen molar-refractivity contribution in [3.63, 3.8) is 0 Å². The van der Waals surface area contributed by atoms with Crippen LogP contribution in [0.4, 0.5) is 0 Å². The van der Waals surface area contributed by atoms with Crippen LogP contribution in [0.15, 0.2) is 88.2 Å². The van der Waals surface area contributed by atoms with Crippen LogP contribution in [-0.4, -0.2) is 37.5 Å². The Bertz CT molecular complexity index is 1800. The van der Waals surface area contributed by atoms with Gasteiger partial charge < -0.3 is 18.9 Å². The summed E-state index contributed by atoms with van der Waals surface area (Å²) in [4.78, 5) is 33.1. The maximum absolute atomic E-state index is 14.1. The highest BCUT2D eigenvalue weighted by Crippen LogP contribution is 2.38. The van der Waals surface area contributed by atoms with Gasteiger partial charge in [0, 0.05) is 5.56 Å². The van der Waals surface area contributed by atoms with Crippen molar-refractivity contribution in [1.29, 1.82) is 0 Å². The summed E-state index contributed by atoms with van der Waals surface area (Å²) in [6.07, 6.45) is 1.88. The number of thiazole rings is 1. The molecule has 1 aromatic heterocycles. The first-order valence-corrected chi connectivity index (χ1v) is 14.4. The van der Waals surface area contributed by atoms with Gasteiger partial charge in [-0.15, -0.1) is 0 Å². The minimum atomic E-state index is -0.820. The van der Waals surface area contributed by atoms with Crippen molar-refractivity contribution in [3.05, 3.63) is 115 Å². The standard InChI is InChI=1S/C33H32N2O6S/c1-6-40-32(37)28-29(22-10-8-7-9-11-22)34-33-35(30(28)23-14-17-25(38-4)26(19-23)39-5)31(36)27(42-33)18-21-12-15-24(16-13-21)41-20(2)3/h7-20,30H,6H2,1-5H3/b27-18-/t30-/m0/s1. The van der Waals surface area contributed by atoms with Crippen molar-refractivity contribution in [1.82, 2.24) is 4.57 Å². The van der Waals surface area contributed by atoms with Crippen LogP contribution in [0, 0.1) is 0 Å². The van der Waals surface area contributed by atoms with Crippen LogP contribution in [0.2, 0.25) is 0 Å². The van der Waals surface area contributed by atoms with Gasteiger partial charge in [-0.2, -0.15) is 0 Å². The van der Waals surface area contributed by atoms with E-state index in [1.807, 2.05) is 80.6 Å². The average molecular weight is 585 g/mol. The van der Waals surface area contributed by atoms with Gasteiger partial charge in [-0.1, -0.05) is 59.9 Å². The molecule has 0 amide bonds. The summed E-state index contributed by atoms with van der Waals surface area (Å²) >= 11 is 1.27. The van der Waals surface area contributed by atoms with Crippen LogP contribution in [0.1, 0.15) is 43.5 Å². The lowest BCUT2D eigenvalue weighted by molar-refractivity contribution is -0.138. The largest absolute Gasteiger partial charge is 0.493 e. The molecule has 1 atom stereocenters. The van der Waals surface area contributed by atoms with Gasteiger partial charge in [0.1, 0.15) is 5.75 Å². The molecule has 0 radical (unpaired) electrons. The number of benzene rings is 3. The molecule has 8 nitrogen and oxygen atoms in total. The van der Waals surface area contributed by atoms with Gasteiger partial charge in [0.05, 0.1) is 48.8 Å². The van der Waals surface area contributed by atoms with E-state index in [1.54, 1.807) is 37.8 Å². The molecule has 216 valence electrons. The molecule has 0 bridgehead atoms. The van der Waals surface area contributed by atoms with E-state index in [1.165, 1.54) is 11.3 Å². The third kappa shape index (κ3) is 5.73. The van der Waals surface area contributed by atoms with E-state index in [0.29, 0.717) is 32.1 Å². The number of nitrogens with zero attached hydrogens (tertiary/aromatic N) is 2. The first-order valence-electron chi connectivity index (χ1n) is 13.6. The number of methoxy groups -OCH3 is 2. The molecule has 1 aliphatic rings. The van der Waals surface area contributed by atoms with Gasteiger partial charge in [-0.25, -0.2) is 9.79 Å². The quantitative estimate of drug-likeness (QED) is 0.264. The molecule has 0 saturated carbocycles. The third-order valence-electron chi connectivity index (χ3n) is 6.65. The predicted octanol–water partition coefficient (Wildman–Crippen LogP) is 4.74. The Kier molecular flexibility index (Phi) is 8.59. The number of rotatable bonds is 9. The Morgan fingerprint density at radius 2 is 1.71 bits per heavy atom. The van der Waals surface area contributed by atoms with Gasteiger partial charge in [0.15, 0.2) is 16.3 Å². The summed E-state index contributed by atoms with van der Waals surface area (Å²) in [5.74, 6) is 1.21. The molecule has 9 heteroatoms. The second-order valence-corrected chi connectivity index (χ2v) is 10.8. The van der Waals surface area contributed by atoms with Crippen LogP contribution in [0.3, 0.4) is 0 Å². The van der Waals surface area contributed by atoms with Gasteiger partial charge in [-0.05, 0) is 62.2 Å². The fraction of sp³-hybridized carbons (Fsp3) is 0.242. The zero-order chi connectivity index (χ0) is 29.8. The van der Waals surface area contributed by atoms with E-state index in [9.17, 15) is 9.59 Å². The maximum atomic E-state index is 14.1. The Hall–Kier alpha value is -4.63. The lowest BCUT2D eigenvalue weighted by Crippen LogP contribution is -2.40. The zero-order valence-electron chi connectivity index (χ0n) is 24.1. The first kappa shape index (κ1) is 28.9. The summed E-state index contributed by atoms with van der Waals surface area (Å²) in [6, 6.07) is 21.5. The molecule has 0 saturated heterocycles. The number of hydrogen-bond acceptors (Lipinski definition) is 8. The molecule has 42 heavy (non-hydrogen) atoms. The van der Waals surface area contributed by atoms with Crippen molar-refractivity contribution in [2.75, 3.05) is 20.8 Å². The number of fused-ring (bicyclic) bond motifs is 1. The van der Waals surface area contributed by atoms with E-state index in [2.05, 4.69) is 0 Å². The number of carbonyl (C=O) groups is 1. The number of aromatic nitrogens is 1. The number of hydrogen-bond donors (Lipinski definition) is 0. The van der Waals surface area contributed by atoms with Crippen LogP contribution in [0.5, 0.6) is 17.2 Å². The Labute approximate surface area is 247 Å². The fourth-order valence-corrected chi connectivity index (χ4v) is 5.85. The molecule has 1 aliphatic heterocycles. The van der Waals surface area contributed by atoms with E-state index < -0.39 is 12.0 Å². The van der Waals surface area contributed by atoms with Crippen molar-refractivity contribution in [2.45, 2.75) is 32.9 Å². The predicted molar refractivity (Wildman–Crippen MR) is 163 cm³/mol. The molecular weight excluding hydrogens is 552 g/mol. The maximum Gasteiger partial charge on any atom is 0.338 e. The summed E-state index contributed by atoms with van der Waals surface area (Å²) in [7, 11) is 3.10. The van der Waals surface area contributed by atoms with Crippen molar-refractivity contribution < 1.29 is 23.7 Å². The molecule has 0 spiro atoms. The molecule has 2 heterocycles. The number of esters is 1. The van der Waals surface area contributed by atoms with Crippen molar-refractivity contribution >= 4 is 29.1 Å². The summed E-state index contributed by atoms with van der Waals surface area (Å²) in [5.41, 5.74) is 2.69. The van der Waals surface area contributed by atoms with Gasteiger partial charge in [0.25, 0.3) is 5.56 Å². The highest BCUT2D eigenvalue weighted by atomic mass is 32.1. The highest BCUT2D eigenvalue weighted by molar-refractivity contribution is 7.07. The van der Waals surface area contributed by atoms with E-state index in [0.717, 1.165) is 16.9 Å². The molecule has 4 aromatic rings. The van der Waals surface area contributed by atoms with E-state index in [-0.39, 0.29) is 23.8 Å². The highest BCUT2D eigenvalue weighted by Gasteiger charge is 2.35. The third-order valence-corrected chi connectivity index (χ3v) is 7.63. The molecular formula is C33H32N2O6S. The van der Waals surface area contributed by atoms with Crippen LogP contribution in [-0.2, 0) is 9.53 Å². The SMILES string of the molecule is CCOC(=O)C1=C(c2ccccc2)N=c2s/c(=C\c3ccc(OC(C)C)cc3)c(=O)n2[C@H]1c1ccc(OC)c(OC)c1. The molecule has 0 N–H and O–H groups in total. The fourth-order valence-electron chi connectivity index (χ4n) is 4.84. The van der Waals surface area contributed by atoms with Crippen LogP contribution in [0.25, 0.3) is 11.8 Å². The molecule has 3 aromatic carbocycles. The van der Waals surface area contributed by atoms with Gasteiger partial charge in [0.2, 0.25) is 0 Å². The van der Waals surface area contributed by atoms with Gasteiger partial charge in [-0.3, -0.25) is 9.36 Å². The summed E-state index contributed by atoms with van der Waals surface area (Å²) in [6.45, 7) is 5.86. The second kappa shape index (κ2) is 12.5. The van der Waals surface area contributed by atoms with Crippen LogP contribution < -0.4 is 29.1 Å². The smallest absolute Gasteiger partial charge is 0.338 e. The summed E-state index contributed by atoms with van der Waals surface area (Å²) in [5, 5.41) is 0. The monoisotopic (exact) mass is 584 g/mol. The minimum Gasteiger partial charge on any atom is -0.493 e. The molecule has 0 unspecified atom stereocenters. The topological polar surface area (TPSA) is 88.4 Å². The lowest BCUT2D eigenvalue weighted by atomic mass is 9.93. The normalized spacial score (nSPS) is 14.8. The zero-order valence-corrected chi connectivity index (χ0v) is 24.9. The van der Waals surface area contributed by atoms with Crippen molar-refractivity contribution in [3.8, 4) is 17.2 Å². The Balaban J connectivity index is 1.77. The first-order chi connectivity index (χ1) is 20.3. The van der Waals surface area contributed by atoms with Gasteiger partial charge >= 0.3 is 5.97 Å². The number of carbonyl (C=O) groups excluding carboxylic acids is 1. The second-order valence-electron chi connectivity index (χ2n) is 9.78. The summed E-state index contributed by atoms with van der Waals surface area (Å²) < 4.78 is 24.4. The Morgan fingerprint density at radius 1 is 1.00 bits per heavy atom. The molecule has 0 aliphatic carbocycles. The minimum absolute atomic E-state index is 0.0588. The Morgan fingerprint density at radius 3 is 2.36 bits per heavy atom.